The fourth-order valence-electron chi connectivity index (χ4n) is 2.96. The first-order chi connectivity index (χ1) is 14.7. The molecule has 0 bridgehead atoms. The number of hydrogen-bond donors (Lipinski definition) is 1. The first-order valence-corrected chi connectivity index (χ1v) is 10.9. The lowest BCUT2D eigenvalue weighted by Gasteiger charge is -2.31. The highest BCUT2D eigenvalue weighted by molar-refractivity contribution is 6.35. The van der Waals surface area contributed by atoms with Crippen LogP contribution in [0.3, 0.4) is 0 Å². The Morgan fingerprint density at radius 2 is 1.87 bits per heavy atom. The molecule has 8 heteroatoms. The zero-order valence-corrected chi connectivity index (χ0v) is 19.3. The van der Waals surface area contributed by atoms with E-state index in [9.17, 15) is 14.0 Å². The van der Waals surface area contributed by atoms with Crippen LogP contribution in [-0.4, -0.2) is 35.9 Å². The molecular weight excluding hydrogens is 442 g/mol. The molecule has 0 saturated carbocycles. The predicted molar refractivity (Wildman–Crippen MR) is 121 cm³/mol. The topological polar surface area (TPSA) is 58.6 Å². The molecule has 5 nitrogen and oxygen atoms in total. The maximum Gasteiger partial charge on any atom is 0.261 e. The second-order valence-corrected chi connectivity index (χ2v) is 8.38. The lowest BCUT2D eigenvalue weighted by Crippen LogP contribution is -2.50. The van der Waals surface area contributed by atoms with Gasteiger partial charge in [-0.15, -0.1) is 0 Å². The molecule has 1 N–H and O–H groups in total. The van der Waals surface area contributed by atoms with E-state index in [1.165, 1.54) is 23.1 Å². The molecule has 1 atom stereocenters. The van der Waals surface area contributed by atoms with Gasteiger partial charge in [-0.25, -0.2) is 4.39 Å². The minimum atomic E-state index is -0.734. The third kappa shape index (κ3) is 7.40. The number of nitrogens with one attached hydrogen (secondary N) is 1. The Hall–Kier alpha value is -2.31. The number of ether oxygens (including phenoxy) is 1. The van der Waals surface area contributed by atoms with Gasteiger partial charge in [0.15, 0.2) is 18.2 Å². The lowest BCUT2D eigenvalue weighted by atomic mass is 10.1. The Labute approximate surface area is 192 Å². The number of hydrogen-bond acceptors (Lipinski definition) is 3. The fourth-order valence-corrected chi connectivity index (χ4v) is 3.43. The summed E-state index contributed by atoms with van der Waals surface area (Å²) in [5.41, 5.74) is 0.639. The Morgan fingerprint density at radius 1 is 1.16 bits per heavy atom. The minimum absolute atomic E-state index is 0.0300. The average molecular weight is 469 g/mol. The zero-order chi connectivity index (χ0) is 23.0. The van der Waals surface area contributed by atoms with Crippen molar-refractivity contribution in [3.05, 3.63) is 63.9 Å². The van der Waals surface area contributed by atoms with Gasteiger partial charge in [0.25, 0.3) is 5.91 Å². The first-order valence-electron chi connectivity index (χ1n) is 10.1. The van der Waals surface area contributed by atoms with Gasteiger partial charge in [0, 0.05) is 23.1 Å². The van der Waals surface area contributed by atoms with Gasteiger partial charge in [-0.1, -0.05) is 62.2 Å². The van der Waals surface area contributed by atoms with E-state index in [2.05, 4.69) is 5.32 Å². The molecule has 2 amide bonds. The number of rotatable bonds is 10. The third-order valence-electron chi connectivity index (χ3n) is 4.61. The number of nitrogens with zero attached hydrogens (tertiary/aromatic N) is 1. The molecule has 0 aromatic heterocycles. The van der Waals surface area contributed by atoms with Gasteiger partial charge in [-0.2, -0.15) is 0 Å². The number of carbonyl (C=O) groups excluding carboxylic acids is 2. The van der Waals surface area contributed by atoms with Crippen LogP contribution in [0.5, 0.6) is 5.75 Å². The van der Waals surface area contributed by atoms with Crippen LogP contribution in [0.25, 0.3) is 0 Å². The molecule has 0 heterocycles. The van der Waals surface area contributed by atoms with E-state index < -0.39 is 24.4 Å². The maximum atomic E-state index is 13.9. The summed E-state index contributed by atoms with van der Waals surface area (Å²) in [5, 5.41) is 3.73. The van der Waals surface area contributed by atoms with E-state index in [0.717, 1.165) is 0 Å². The molecule has 0 aliphatic carbocycles. The van der Waals surface area contributed by atoms with E-state index in [4.69, 9.17) is 27.9 Å². The van der Waals surface area contributed by atoms with Gasteiger partial charge < -0.3 is 15.0 Å². The Morgan fingerprint density at radius 3 is 2.48 bits per heavy atom. The van der Waals surface area contributed by atoms with Crippen LogP contribution in [0.1, 0.15) is 32.8 Å². The quantitative estimate of drug-likeness (QED) is 0.528. The number of benzene rings is 2. The first kappa shape index (κ1) is 25.0. The van der Waals surface area contributed by atoms with Crippen LogP contribution in [0.15, 0.2) is 42.5 Å². The summed E-state index contributed by atoms with van der Waals surface area (Å²) in [7, 11) is 0. The summed E-state index contributed by atoms with van der Waals surface area (Å²) in [6, 6.07) is 10.1. The molecule has 2 aromatic carbocycles. The molecule has 0 aliphatic rings. The highest BCUT2D eigenvalue weighted by Crippen LogP contribution is 2.24. The van der Waals surface area contributed by atoms with E-state index in [1.54, 1.807) is 24.3 Å². The van der Waals surface area contributed by atoms with E-state index in [-0.39, 0.29) is 24.1 Å². The van der Waals surface area contributed by atoms with Crippen LogP contribution < -0.4 is 10.1 Å². The van der Waals surface area contributed by atoms with Gasteiger partial charge in [0.1, 0.15) is 6.04 Å². The van der Waals surface area contributed by atoms with Gasteiger partial charge in [0.2, 0.25) is 5.91 Å². The third-order valence-corrected chi connectivity index (χ3v) is 5.20. The molecule has 168 valence electrons. The van der Waals surface area contributed by atoms with Gasteiger partial charge in [-0.05, 0) is 42.2 Å². The van der Waals surface area contributed by atoms with Crippen molar-refractivity contribution in [3.63, 3.8) is 0 Å². The summed E-state index contributed by atoms with van der Waals surface area (Å²) in [4.78, 5) is 27.3. The SMILES string of the molecule is CC[C@H](C(=O)NCC(C)C)N(Cc1ccc(Cl)cc1Cl)C(=O)COc1ccccc1F. The molecule has 2 rings (SSSR count). The summed E-state index contributed by atoms with van der Waals surface area (Å²) >= 11 is 12.3. The predicted octanol–water partition coefficient (Wildman–Crippen LogP) is 5.09. The van der Waals surface area contributed by atoms with Crippen molar-refractivity contribution in [3.8, 4) is 5.75 Å². The van der Waals surface area contributed by atoms with Crippen molar-refractivity contribution in [2.45, 2.75) is 39.8 Å². The van der Waals surface area contributed by atoms with Crippen molar-refractivity contribution >= 4 is 35.0 Å². The summed E-state index contributed by atoms with van der Waals surface area (Å²) in [6.45, 7) is 5.95. The number of amides is 2. The van der Waals surface area contributed by atoms with Gasteiger partial charge >= 0.3 is 0 Å². The molecule has 0 unspecified atom stereocenters. The highest BCUT2D eigenvalue weighted by atomic mass is 35.5. The standard InChI is InChI=1S/C23H27Cl2FN2O3/c1-4-20(23(30)27-12-15(2)3)28(13-16-9-10-17(24)11-18(16)25)22(29)14-31-21-8-6-5-7-19(21)26/h5-11,15,20H,4,12-14H2,1-3H3,(H,27,30)/t20-/m1/s1. The van der Waals surface area contributed by atoms with Crippen LogP contribution in [0, 0.1) is 11.7 Å². The Kier molecular flexibility index (Phi) is 9.59. The second kappa shape index (κ2) is 11.9. The molecule has 0 aliphatic heterocycles. The lowest BCUT2D eigenvalue weighted by molar-refractivity contribution is -0.143. The summed E-state index contributed by atoms with van der Waals surface area (Å²) in [5.74, 6) is -1.05. The monoisotopic (exact) mass is 468 g/mol. The maximum absolute atomic E-state index is 13.9. The van der Waals surface area contributed by atoms with E-state index >= 15 is 0 Å². The molecule has 0 radical (unpaired) electrons. The number of carbonyl (C=O) groups is 2. The molecule has 2 aromatic rings. The fraction of sp³-hybridized carbons (Fsp3) is 0.391. The van der Waals surface area contributed by atoms with Crippen LogP contribution in [-0.2, 0) is 16.1 Å². The minimum Gasteiger partial charge on any atom is -0.481 e. The highest BCUT2D eigenvalue weighted by Gasteiger charge is 2.29. The summed E-state index contributed by atoms with van der Waals surface area (Å²) < 4.78 is 19.3. The van der Waals surface area contributed by atoms with Gasteiger partial charge in [0.05, 0.1) is 0 Å². The second-order valence-electron chi connectivity index (χ2n) is 7.54. The molecule has 31 heavy (non-hydrogen) atoms. The van der Waals surface area contributed by atoms with Crippen molar-refractivity contribution in [1.82, 2.24) is 10.2 Å². The molecule has 0 spiro atoms. The summed E-state index contributed by atoms with van der Waals surface area (Å²) in [6.07, 6.45) is 0.389. The Balaban J connectivity index is 2.25. The van der Waals surface area contributed by atoms with E-state index in [1.807, 2.05) is 20.8 Å². The average Bonchev–Trinajstić information content (AvgIpc) is 2.72. The van der Waals surface area contributed by atoms with Crippen molar-refractivity contribution in [2.75, 3.05) is 13.2 Å². The molecular formula is C23H27Cl2FN2O3. The molecule has 0 saturated heterocycles. The molecule has 0 fully saturated rings. The van der Waals surface area contributed by atoms with Crippen molar-refractivity contribution in [1.29, 1.82) is 0 Å². The van der Waals surface area contributed by atoms with Crippen LogP contribution in [0.4, 0.5) is 4.39 Å². The van der Waals surface area contributed by atoms with Crippen LogP contribution in [0.2, 0.25) is 10.0 Å². The van der Waals surface area contributed by atoms with Crippen molar-refractivity contribution in [2.24, 2.45) is 5.92 Å². The smallest absolute Gasteiger partial charge is 0.261 e. The van der Waals surface area contributed by atoms with Gasteiger partial charge in [-0.3, -0.25) is 9.59 Å². The van der Waals surface area contributed by atoms with Crippen molar-refractivity contribution < 1.29 is 18.7 Å². The zero-order valence-electron chi connectivity index (χ0n) is 17.8. The largest absolute Gasteiger partial charge is 0.481 e. The Bertz CT molecular complexity index is 908. The van der Waals surface area contributed by atoms with Crippen LogP contribution >= 0.6 is 23.2 Å². The van der Waals surface area contributed by atoms with E-state index in [0.29, 0.717) is 28.6 Å². The number of halogens is 3. The number of para-hydroxylation sites is 1. The normalized spacial score (nSPS) is 11.8.